The van der Waals surface area contributed by atoms with Crippen LogP contribution in [0.15, 0.2) is 42.7 Å². The molecule has 2 rings (SSSR count). The van der Waals surface area contributed by atoms with E-state index in [0.29, 0.717) is 5.56 Å². The first-order chi connectivity index (χ1) is 9.56. The molecule has 0 fully saturated rings. The summed E-state index contributed by atoms with van der Waals surface area (Å²) in [6, 6.07) is 5.02. The predicted octanol–water partition coefficient (Wildman–Crippen LogP) is 3.25. The minimum atomic E-state index is -1.10. The fourth-order valence-corrected chi connectivity index (χ4v) is 1.44. The molecule has 0 amide bonds. The highest BCUT2D eigenvalue weighted by molar-refractivity contribution is 5.85. The first kappa shape index (κ1) is 13.7. The van der Waals surface area contributed by atoms with Crippen molar-refractivity contribution in [1.29, 1.82) is 0 Å². The van der Waals surface area contributed by atoms with E-state index in [-0.39, 0.29) is 11.5 Å². The minimum Gasteiger partial charge on any atom is -0.478 e. The zero-order valence-corrected chi connectivity index (χ0v) is 10.1. The van der Waals surface area contributed by atoms with Crippen molar-refractivity contribution >= 4 is 12.0 Å². The summed E-state index contributed by atoms with van der Waals surface area (Å²) in [6.45, 7) is 0. The zero-order valence-electron chi connectivity index (χ0n) is 10.1. The Balaban J connectivity index is 2.24. The smallest absolute Gasteiger partial charge is 0.328 e. The van der Waals surface area contributed by atoms with E-state index < -0.39 is 17.6 Å². The third-order valence-corrected chi connectivity index (χ3v) is 2.30. The van der Waals surface area contributed by atoms with Crippen LogP contribution >= 0.6 is 0 Å². The number of nitrogens with zero attached hydrogens (tertiary/aromatic N) is 1. The standard InChI is InChI=1S/C14H9F2NO3/c15-11-2-1-3-12(14(11)16)20-10-6-9(7-17-8-10)4-5-13(18)19/h1-8H,(H,18,19)/b5-4+. The van der Waals surface area contributed by atoms with Gasteiger partial charge >= 0.3 is 5.97 Å². The van der Waals surface area contributed by atoms with Crippen molar-refractivity contribution in [2.75, 3.05) is 0 Å². The largest absolute Gasteiger partial charge is 0.478 e. The van der Waals surface area contributed by atoms with Gasteiger partial charge in [-0.2, -0.15) is 4.39 Å². The number of ether oxygens (including phenoxy) is 1. The maximum Gasteiger partial charge on any atom is 0.328 e. The van der Waals surface area contributed by atoms with Crippen LogP contribution < -0.4 is 4.74 Å². The van der Waals surface area contributed by atoms with Crippen LogP contribution in [0.1, 0.15) is 5.56 Å². The Labute approximate surface area is 113 Å². The van der Waals surface area contributed by atoms with E-state index >= 15 is 0 Å². The Morgan fingerprint density at radius 1 is 1.30 bits per heavy atom. The molecule has 0 saturated heterocycles. The van der Waals surface area contributed by atoms with E-state index in [0.717, 1.165) is 12.1 Å². The molecule has 0 aliphatic rings. The number of halogens is 2. The van der Waals surface area contributed by atoms with Gasteiger partial charge in [-0.15, -0.1) is 0 Å². The SMILES string of the molecule is O=C(O)/C=C/c1cncc(Oc2cccc(F)c2F)c1. The van der Waals surface area contributed by atoms with Crippen LogP contribution in [-0.4, -0.2) is 16.1 Å². The number of carbonyl (C=O) groups is 1. The number of hydrogen-bond donors (Lipinski definition) is 1. The molecule has 1 aromatic carbocycles. The number of carboxylic acids is 1. The lowest BCUT2D eigenvalue weighted by molar-refractivity contribution is -0.131. The van der Waals surface area contributed by atoms with Crippen LogP contribution in [0.5, 0.6) is 11.5 Å². The third-order valence-electron chi connectivity index (χ3n) is 2.30. The highest BCUT2D eigenvalue weighted by atomic mass is 19.2. The van der Waals surface area contributed by atoms with Crippen LogP contribution in [0.3, 0.4) is 0 Å². The van der Waals surface area contributed by atoms with Crippen molar-refractivity contribution in [3.63, 3.8) is 0 Å². The van der Waals surface area contributed by atoms with Gasteiger partial charge in [0, 0.05) is 12.3 Å². The summed E-state index contributed by atoms with van der Waals surface area (Å²) < 4.78 is 31.6. The minimum absolute atomic E-state index is 0.169. The summed E-state index contributed by atoms with van der Waals surface area (Å²) in [7, 11) is 0. The number of aliphatic carboxylic acids is 1. The first-order valence-electron chi connectivity index (χ1n) is 5.54. The summed E-state index contributed by atoms with van der Waals surface area (Å²) >= 11 is 0. The van der Waals surface area contributed by atoms with E-state index in [9.17, 15) is 13.6 Å². The fourth-order valence-electron chi connectivity index (χ4n) is 1.44. The van der Waals surface area contributed by atoms with Crippen molar-refractivity contribution in [3.05, 3.63) is 59.9 Å². The predicted molar refractivity (Wildman–Crippen MR) is 67.3 cm³/mol. The van der Waals surface area contributed by atoms with Gasteiger partial charge in [-0.05, 0) is 29.8 Å². The average molecular weight is 277 g/mol. The molecule has 4 nitrogen and oxygen atoms in total. The van der Waals surface area contributed by atoms with E-state index in [2.05, 4.69) is 4.98 Å². The molecule has 0 aliphatic heterocycles. The first-order valence-corrected chi connectivity index (χ1v) is 5.54. The Morgan fingerprint density at radius 2 is 2.10 bits per heavy atom. The average Bonchev–Trinajstić information content (AvgIpc) is 2.42. The number of rotatable bonds is 4. The Hall–Kier alpha value is -2.76. The molecular weight excluding hydrogens is 268 g/mol. The van der Waals surface area contributed by atoms with Crippen molar-refractivity contribution in [1.82, 2.24) is 4.98 Å². The van der Waals surface area contributed by atoms with Crippen molar-refractivity contribution < 1.29 is 23.4 Å². The van der Waals surface area contributed by atoms with Crippen LogP contribution in [0.2, 0.25) is 0 Å². The van der Waals surface area contributed by atoms with E-state index in [1.54, 1.807) is 0 Å². The molecule has 1 N–H and O–H groups in total. The second kappa shape index (κ2) is 5.92. The Morgan fingerprint density at radius 3 is 2.85 bits per heavy atom. The highest BCUT2D eigenvalue weighted by Crippen LogP contribution is 2.25. The summed E-state index contributed by atoms with van der Waals surface area (Å²) in [5.41, 5.74) is 0.460. The molecule has 0 unspecified atom stereocenters. The monoisotopic (exact) mass is 277 g/mol. The van der Waals surface area contributed by atoms with Crippen molar-refractivity contribution in [3.8, 4) is 11.5 Å². The molecule has 0 spiro atoms. The zero-order chi connectivity index (χ0) is 14.5. The molecule has 20 heavy (non-hydrogen) atoms. The van der Waals surface area contributed by atoms with Crippen LogP contribution in [0.4, 0.5) is 8.78 Å². The Bertz CT molecular complexity index is 671. The number of aromatic nitrogens is 1. The molecule has 0 saturated carbocycles. The van der Waals surface area contributed by atoms with Gasteiger partial charge in [0.2, 0.25) is 5.82 Å². The molecule has 6 heteroatoms. The molecule has 0 aliphatic carbocycles. The van der Waals surface area contributed by atoms with Crippen LogP contribution in [0, 0.1) is 11.6 Å². The highest BCUT2D eigenvalue weighted by Gasteiger charge is 2.09. The summed E-state index contributed by atoms with van der Waals surface area (Å²) in [6.07, 6.45) is 4.96. The van der Waals surface area contributed by atoms with E-state index in [1.165, 1.54) is 36.7 Å². The second-order valence-electron chi connectivity index (χ2n) is 3.78. The van der Waals surface area contributed by atoms with Gasteiger partial charge in [-0.1, -0.05) is 6.07 Å². The van der Waals surface area contributed by atoms with E-state index in [1.807, 2.05) is 0 Å². The molecule has 1 aromatic heterocycles. The maximum absolute atomic E-state index is 13.4. The molecule has 102 valence electrons. The number of benzene rings is 1. The van der Waals surface area contributed by atoms with Gasteiger partial charge < -0.3 is 9.84 Å². The number of pyridine rings is 1. The van der Waals surface area contributed by atoms with Crippen LogP contribution in [-0.2, 0) is 4.79 Å². The normalized spacial score (nSPS) is 10.7. The quantitative estimate of drug-likeness (QED) is 0.871. The van der Waals surface area contributed by atoms with Crippen LogP contribution in [0.25, 0.3) is 6.08 Å². The molecule has 2 aromatic rings. The van der Waals surface area contributed by atoms with Gasteiger partial charge in [0.05, 0.1) is 6.20 Å². The topological polar surface area (TPSA) is 59.4 Å². The van der Waals surface area contributed by atoms with Crippen molar-refractivity contribution in [2.45, 2.75) is 0 Å². The van der Waals surface area contributed by atoms with E-state index in [4.69, 9.17) is 9.84 Å². The maximum atomic E-state index is 13.4. The lowest BCUT2D eigenvalue weighted by Gasteiger charge is -2.07. The summed E-state index contributed by atoms with van der Waals surface area (Å²) in [5.74, 6) is -3.32. The molecule has 0 bridgehead atoms. The third kappa shape index (κ3) is 3.38. The van der Waals surface area contributed by atoms with Gasteiger partial charge in [-0.3, -0.25) is 4.98 Å². The molecule has 0 radical (unpaired) electrons. The Kier molecular flexibility index (Phi) is 4.05. The number of hydrogen-bond acceptors (Lipinski definition) is 3. The lowest BCUT2D eigenvalue weighted by atomic mass is 10.2. The fraction of sp³-hybridized carbons (Fsp3) is 0. The molecule has 1 heterocycles. The molecule has 0 atom stereocenters. The summed E-state index contributed by atoms with van der Waals surface area (Å²) in [5, 5.41) is 8.52. The van der Waals surface area contributed by atoms with Gasteiger partial charge in [0.15, 0.2) is 11.6 Å². The van der Waals surface area contributed by atoms with Gasteiger partial charge in [-0.25, -0.2) is 9.18 Å². The molecular formula is C14H9F2NO3. The van der Waals surface area contributed by atoms with Gasteiger partial charge in [0.25, 0.3) is 0 Å². The van der Waals surface area contributed by atoms with Gasteiger partial charge in [0.1, 0.15) is 5.75 Å². The lowest BCUT2D eigenvalue weighted by Crippen LogP contribution is -1.92. The number of carboxylic acid groups (broad SMARTS) is 1. The van der Waals surface area contributed by atoms with Crippen molar-refractivity contribution in [2.24, 2.45) is 0 Å². The summed E-state index contributed by atoms with van der Waals surface area (Å²) in [4.78, 5) is 14.2. The second-order valence-corrected chi connectivity index (χ2v) is 3.78.